The number of carbonyl (C=O) groups is 1. The molecule has 158 valence electrons. The average Bonchev–Trinajstić information content (AvgIpc) is 3.45. The molecule has 2 aromatic carbocycles. The van der Waals surface area contributed by atoms with Gasteiger partial charge < -0.3 is 9.30 Å². The molecule has 0 aliphatic carbocycles. The van der Waals surface area contributed by atoms with E-state index in [1.165, 1.54) is 17.8 Å². The molecule has 7 heteroatoms. The van der Waals surface area contributed by atoms with E-state index in [-0.39, 0.29) is 17.8 Å². The van der Waals surface area contributed by atoms with Crippen LogP contribution in [-0.4, -0.2) is 39.0 Å². The third-order valence-corrected chi connectivity index (χ3v) is 7.01. The summed E-state index contributed by atoms with van der Waals surface area (Å²) in [4.78, 5) is 15.3. The molecule has 0 spiro atoms. The molecule has 5 rings (SSSR count). The van der Waals surface area contributed by atoms with E-state index >= 15 is 0 Å². The predicted octanol–water partition coefficient (Wildman–Crippen LogP) is 5.21. The van der Waals surface area contributed by atoms with E-state index in [4.69, 9.17) is 17.0 Å². The lowest BCUT2D eigenvalue weighted by Gasteiger charge is -2.18. The van der Waals surface area contributed by atoms with Gasteiger partial charge in [-0.25, -0.2) is 4.39 Å². The first-order valence-electron chi connectivity index (χ1n) is 10.3. The van der Waals surface area contributed by atoms with Gasteiger partial charge in [-0.05, 0) is 42.7 Å². The number of rotatable bonds is 5. The zero-order chi connectivity index (χ0) is 21.4. The molecule has 0 saturated carbocycles. The number of thioether (sulfide) groups is 1. The van der Waals surface area contributed by atoms with Crippen molar-refractivity contribution in [3.63, 3.8) is 0 Å². The zero-order valence-electron chi connectivity index (χ0n) is 16.8. The number of fused-ring (bicyclic) bond motifs is 1. The van der Waals surface area contributed by atoms with Crippen LogP contribution in [0.3, 0.4) is 0 Å². The fraction of sp³-hybridized carbons (Fsp3) is 0.250. The number of ether oxygens (including phenoxy) is 1. The van der Waals surface area contributed by atoms with E-state index in [0.717, 1.165) is 41.5 Å². The number of aromatic nitrogens is 1. The second-order valence-corrected chi connectivity index (χ2v) is 9.46. The number of benzene rings is 2. The Labute approximate surface area is 189 Å². The van der Waals surface area contributed by atoms with Gasteiger partial charge in [0.1, 0.15) is 10.1 Å². The minimum atomic E-state index is -0.246. The quantitative estimate of drug-likeness (QED) is 0.393. The normalized spacial score (nSPS) is 20.5. The second kappa shape index (κ2) is 8.57. The van der Waals surface area contributed by atoms with Crippen molar-refractivity contribution in [3.8, 4) is 0 Å². The highest BCUT2D eigenvalue weighted by molar-refractivity contribution is 8.26. The van der Waals surface area contributed by atoms with Crippen LogP contribution in [0.5, 0.6) is 0 Å². The monoisotopic (exact) mass is 452 g/mol. The van der Waals surface area contributed by atoms with Crippen LogP contribution in [0.1, 0.15) is 24.0 Å². The molecule has 1 atom stereocenters. The number of amides is 1. The third kappa shape index (κ3) is 4.18. The van der Waals surface area contributed by atoms with Gasteiger partial charge in [0.15, 0.2) is 0 Å². The Bertz CT molecular complexity index is 1200. The summed E-state index contributed by atoms with van der Waals surface area (Å²) < 4.78 is 22.0. The number of hydrogen-bond donors (Lipinski definition) is 0. The molecule has 4 nitrogen and oxygen atoms in total. The summed E-state index contributed by atoms with van der Waals surface area (Å²) in [5.74, 6) is -0.309. The second-order valence-electron chi connectivity index (χ2n) is 7.79. The van der Waals surface area contributed by atoms with Crippen LogP contribution < -0.4 is 0 Å². The third-order valence-electron chi connectivity index (χ3n) is 5.63. The van der Waals surface area contributed by atoms with Crippen LogP contribution in [0.4, 0.5) is 4.39 Å². The summed E-state index contributed by atoms with van der Waals surface area (Å²) in [5, 5.41) is 1.04. The minimum absolute atomic E-state index is 0.0625. The lowest BCUT2D eigenvalue weighted by molar-refractivity contribution is -0.123. The Morgan fingerprint density at radius 3 is 2.90 bits per heavy atom. The fourth-order valence-electron chi connectivity index (χ4n) is 4.14. The first kappa shape index (κ1) is 20.4. The first-order valence-corrected chi connectivity index (χ1v) is 11.5. The number of carbonyl (C=O) groups excluding carboxylic acids is 1. The molecule has 3 heterocycles. The standard InChI is InChI=1S/C24H21FN2O2S2/c25-18-6-3-5-16(11-18)13-26-14-17(20-8-1-2-9-21(20)26)12-22-23(28)27(24(30)31-22)15-19-7-4-10-29-19/h1-3,5-6,8-9,11-12,14,19H,4,7,10,13,15H2. The van der Waals surface area contributed by atoms with Crippen molar-refractivity contribution in [2.24, 2.45) is 0 Å². The summed E-state index contributed by atoms with van der Waals surface area (Å²) >= 11 is 6.81. The van der Waals surface area contributed by atoms with Crippen molar-refractivity contribution in [1.82, 2.24) is 9.47 Å². The molecular weight excluding hydrogens is 431 g/mol. The van der Waals surface area contributed by atoms with E-state index in [1.54, 1.807) is 17.0 Å². The van der Waals surface area contributed by atoms with Crippen molar-refractivity contribution in [2.75, 3.05) is 13.2 Å². The molecule has 2 fully saturated rings. The highest BCUT2D eigenvalue weighted by Gasteiger charge is 2.34. The average molecular weight is 453 g/mol. The molecule has 1 unspecified atom stereocenters. The Morgan fingerprint density at radius 2 is 2.10 bits per heavy atom. The molecule has 2 saturated heterocycles. The molecule has 1 aromatic heterocycles. The maximum Gasteiger partial charge on any atom is 0.266 e. The Hall–Kier alpha value is -2.48. The van der Waals surface area contributed by atoms with Crippen LogP contribution in [0.25, 0.3) is 17.0 Å². The Balaban J connectivity index is 1.45. The van der Waals surface area contributed by atoms with Crippen LogP contribution in [0, 0.1) is 5.82 Å². The van der Waals surface area contributed by atoms with Gasteiger partial charge in [0.2, 0.25) is 0 Å². The maximum atomic E-state index is 13.6. The van der Waals surface area contributed by atoms with Crippen molar-refractivity contribution in [2.45, 2.75) is 25.5 Å². The molecule has 1 amide bonds. The van der Waals surface area contributed by atoms with Gasteiger partial charge in [0.25, 0.3) is 5.91 Å². The van der Waals surface area contributed by atoms with E-state index in [9.17, 15) is 9.18 Å². The van der Waals surface area contributed by atoms with Crippen LogP contribution in [0.2, 0.25) is 0 Å². The minimum Gasteiger partial charge on any atom is -0.376 e. The van der Waals surface area contributed by atoms with Crippen LogP contribution in [-0.2, 0) is 16.1 Å². The molecule has 0 radical (unpaired) electrons. The summed E-state index contributed by atoms with van der Waals surface area (Å²) in [6.07, 6.45) is 5.99. The van der Waals surface area contributed by atoms with Gasteiger partial charge in [-0.1, -0.05) is 54.3 Å². The number of hydrogen-bond acceptors (Lipinski definition) is 4. The van der Waals surface area contributed by atoms with Gasteiger partial charge in [-0.2, -0.15) is 0 Å². The van der Waals surface area contributed by atoms with E-state index in [0.29, 0.717) is 22.3 Å². The van der Waals surface area contributed by atoms with Gasteiger partial charge in [-0.3, -0.25) is 9.69 Å². The van der Waals surface area contributed by atoms with Gasteiger partial charge in [0, 0.05) is 35.8 Å². The highest BCUT2D eigenvalue weighted by Crippen LogP contribution is 2.35. The summed E-state index contributed by atoms with van der Waals surface area (Å²) in [6, 6.07) is 14.7. The summed E-state index contributed by atoms with van der Waals surface area (Å²) in [7, 11) is 0. The van der Waals surface area contributed by atoms with Crippen LogP contribution >= 0.6 is 24.0 Å². The molecule has 3 aromatic rings. The molecule has 0 N–H and O–H groups in total. The van der Waals surface area contributed by atoms with Crippen molar-refractivity contribution < 1.29 is 13.9 Å². The first-order chi connectivity index (χ1) is 15.1. The van der Waals surface area contributed by atoms with E-state index < -0.39 is 0 Å². The molecule has 2 aliphatic rings. The summed E-state index contributed by atoms with van der Waals surface area (Å²) in [5.41, 5.74) is 2.87. The number of nitrogens with zero attached hydrogens (tertiary/aromatic N) is 2. The van der Waals surface area contributed by atoms with Crippen molar-refractivity contribution >= 4 is 51.2 Å². The SMILES string of the molecule is O=C1C(=Cc2cn(Cc3cccc(F)c3)c3ccccc23)SC(=S)N1CC1CCCO1. The summed E-state index contributed by atoms with van der Waals surface area (Å²) in [6.45, 7) is 1.82. The Morgan fingerprint density at radius 1 is 1.23 bits per heavy atom. The topological polar surface area (TPSA) is 34.5 Å². The van der Waals surface area contributed by atoms with Gasteiger partial charge >= 0.3 is 0 Å². The van der Waals surface area contributed by atoms with Crippen molar-refractivity contribution in [1.29, 1.82) is 0 Å². The maximum absolute atomic E-state index is 13.6. The molecule has 2 aliphatic heterocycles. The lowest BCUT2D eigenvalue weighted by atomic mass is 10.1. The fourth-order valence-corrected chi connectivity index (χ4v) is 5.41. The molecular formula is C24H21FN2O2S2. The lowest BCUT2D eigenvalue weighted by Crippen LogP contribution is -2.35. The van der Waals surface area contributed by atoms with Crippen molar-refractivity contribution in [3.05, 3.63) is 76.6 Å². The number of para-hydroxylation sites is 1. The largest absolute Gasteiger partial charge is 0.376 e. The highest BCUT2D eigenvalue weighted by atomic mass is 32.2. The predicted molar refractivity (Wildman–Crippen MR) is 126 cm³/mol. The number of thiocarbonyl (C=S) groups is 1. The molecule has 0 bridgehead atoms. The molecule has 31 heavy (non-hydrogen) atoms. The van der Waals surface area contributed by atoms with Crippen LogP contribution in [0.15, 0.2) is 59.6 Å². The smallest absolute Gasteiger partial charge is 0.266 e. The van der Waals surface area contributed by atoms with Gasteiger partial charge in [-0.15, -0.1) is 0 Å². The van der Waals surface area contributed by atoms with E-state index in [1.807, 2.05) is 42.6 Å². The zero-order valence-corrected chi connectivity index (χ0v) is 18.4. The Kier molecular flexibility index (Phi) is 5.65. The number of halogens is 1. The van der Waals surface area contributed by atoms with Gasteiger partial charge in [0.05, 0.1) is 17.6 Å². The van der Waals surface area contributed by atoms with E-state index in [2.05, 4.69) is 4.57 Å².